The minimum atomic E-state index is 0.488. The van der Waals surface area contributed by atoms with E-state index in [1.807, 2.05) is 18.2 Å². The Hall–Kier alpha value is -3.08. The molecule has 0 bridgehead atoms. The summed E-state index contributed by atoms with van der Waals surface area (Å²) in [6.45, 7) is 7.95. The van der Waals surface area contributed by atoms with Gasteiger partial charge >= 0.3 is 0 Å². The maximum atomic E-state index is 6.02. The molecule has 2 aromatic carbocycles. The Bertz CT molecular complexity index is 1130. The van der Waals surface area contributed by atoms with E-state index in [0.717, 1.165) is 54.6 Å². The zero-order chi connectivity index (χ0) is 19.1. The first kappa shape index (κ1) is 17.0. The van der Waals surface area contributed by atoms with Gasteiger partial charge in [0.25, 0.3) is 6.01 Å². The molecule has 0 amide bonds. The largest absolute Gasteiger partial charge is 0.423 e. The predicted molar refractivity (Wildman–Crippen MR) is 114 cm³/mol. The number of nitrogens with zero attached hydrogens (tertiary/aromatic N) is 4. The Labute approximate surface area is 164 Å². The van der Waals surface area contributed by atoms with Crippen LogP contribution in [0.4, 0.5) is 11.8 Å². The number of hydrogen-bond donors (Lipinski definition) is 0. The highest BCUT2D eigenvalue weighted by molar-refractivity contribution is 5.80. The van der Waals surface area contributed by atoms with Gasteiger partial charge in [-0.15, -0.1) is 0 Å². The molecule has 1 saturated heterocycles. The van der Waals surface area contributed by atoms with Crippen LogP contribution in [0.15, 0.2) is 59.0 Å². The minimum absolute atomic E-state index is 0.488. The molecule has 5 heteroatoms. The fourth-order valence-corrected chi connectivity index (χ4v) is 3.78. The number of aromatic nitrogens is 2. The van der Waals surface area contributed by atoms with Gasteiger partial charge in [0, 0.05) is 31.6 Å². The van der Waals surface area contributed by atoms with Crippen LogP contribution in [0.2, 0.25) is 0 Å². The molecule has 3 heterocycles. The summed E-state index contributed by atoms with van der Waals surface area (Å²) in [4.78, 5) is 14.1. The monoisotopic (exact) mass is 372 g/mol. The molecule has 28 heavy (non-hydrogen) atoms. The number of pyridine rings is 1. The van der Waals surface area contributed by atoms with Crippen LogP contribution in [0.25, 0.3) is 22.0 Å². The smallest absolute Gasteiger partial charge is 0.298 e. The Kier molecular flexibility index (Phi) is 4.15. The lowest BCUT2D eigenvalue weighted by molar-refractivity contribution is 0.540. The topological polar surface area (TPSA) is 45.4 Å². The molecule has 5 rings (SSSR count). The number of hydrogen-bond acceptors (Lipinski definition) is 5. The molecule has 0 N–H and O–H groups in total. The van der Waals surface area contributed by atoms with E-state index in [9.17, 15) is 0 Å². The first-order valence-electron chi connectivity index (χ1n) is 9.93. The number of fused-ring (bicyclic) bond motifs is 2. The Morgan fingerprint density at radius 2 is 1.61 bits per heavy atom. The molecule has 0 aliphatic carbocycles. The summed E-state index contributed by atoms with van der Waals surface area (Å²) in [5.41, 5.74) is 4.14. The third kappa shape index (κ3) is 3.07. The normalized spacial score (nSPS) is 15.1. The van der Waals surface area contributed by atoms with Crippen molar-refractivity contribution in [2.24, 2.45) is 0 Å². The fraction of sp³-hybridized carbons (Fsp3) is 0.304. The van der Waals surface area contributed by atoms with E-state index < -0.39 is 0 Å². The Morgan fingerprint density at radius 3 is 2.43 bits per heavy atom. The van der Waals surface area contributed by atoms with Crippen LogP contribution in [-0.4, -0.2) is 36.1 Å². The van der Waals surface area contributed by atoms with Crippen molar-refractivity contribution < 1.29 is 4.42 Å². The SMILES string of the molecule is CC(C)c1ccc2oc(N3CCN(c4ccc5ccccc5n4)CC3)nc2c1. The van der Waals surface area contributed by atoms with Gasteiger partial charge in [-0.3, -0.25) is 0 Å². The molecule has 5 nitrogen and oxygen atoms in total. The van der Waals surface area contributed by atoms with Crippen LogP contribution in [0, 0.1) is 0 Å². The summed E-state index contributed by atoms with van der Waals surface area (Å²) >= 11 is 0. The highest BCUT2D eigenvalue weighted by atomic mass is 16.4. The van der Waals surface area contributed by atoms with Gasteiger partial charge in [0.15, 0.2) is 5.58 Å². The third-order valence-electron chi connectivity index (χ3n) is 5.52. The van der Waals surface area contributed by atoms with Crippen molar-refractivity contribution >= 4 is 33.8 Å². The highest BCUT2D eigenvalue weighted by Crippen LogP contribution is 2.27. The second-order valence-electron chi connectivity index (χ2n) is 7.71. The quantitative estimate of drug-likeness (QED) is 0.516. The molecule has 2 aromatic heterocycles. The van der Waals surface area contributed by atoms with E-state index in [2.05, 4.69) is 60.0 Å². The summed E-state index contributed by atoms with van der Waals surface area (Å²) in [5, 5.41) is 1.18. The summed E-state index contributed by atoms with van der Waals surface area (Å²) < 4.78 is 6.02. The van der Waals surface area contributed by atoms with E-state index in [4.69, 9.17) is 14.4 Å². The van der Waals surface area contributed by atoms with Gasteiger partial charge in [0.1, 0.15) is 11.3 Å². The number of oxazole rings is 1. The summed E-state index contributed by atoms with van der Waals surface area (Å²) in [7, 11) is 0. The molecule has 0 saturated carbocycles. The van der Waals surface area contributed by atoms with Crippen molar-refractivity contribution in [3.63, 3.8) is 0 Å². The van der Waals surface area contributed by atoms with Gasteiger partial charge in [0.05, 0.1) is 5.52 Å². The van der Waals surface area contributed by atoms with Gasteiger partial charge in [-0.25, -0.2) is 4.98 Å². The molecule has 0 atom stereocenters. The molecular formula is C23H24N4O. The zero-order valence-corrected chi connectivity index (χ0v) is 16.3. The molecule has 4 aromatic rings. The molecule has 1 fully saturated rings. The van der Waals surface area contributed by atoms with Crippen LogP contribution in [0.3, 0.4) is 0 Å². The maximum absolute atomic E-state index is 6.02. The third-order valence-corrected chi connectivity index (χ3v) is 5.52. The first-order chi connectivity index (χ1) is 13.7. The second-order valence-corrected chi connectivity index (χ2v) is 7.71. The number of benzene rings is 2. The van der Waals surface area contributed by atoms with Gasteiger partial charge in [-0.05, 0) is 41.8 Å². The van der Waals surface area contributed by atoms with Crippen molar-refractivity contribution in [1.29, 1.82) is 0 Å². The first-order valence-corrected chi connectivity index (χ1v) is 9.93. The van der Waals surface area contributed by atoms with Crippen LogP contribution in [0.1, 0.15) is 25.3 Å². The Balaban J connectivity index is 1.33. The highest BCUT2D eigenvalue weighted by Gasteiger charge is 2.22. The van der Waals surface area contributed by atoms with Crippen molar-refractivity contribution in [2.45, 2.75) is 19.8 Å². The molecular weight excluding hydrogens is 348 g/mol. The Morgan fingerprint density at radius 1 is 0.821 bits per heavy atom. The van der Waals surface area contributed by atoms with Crippen molar-refractivity contribution in [3.05, 3.63) is 60.2 Å². The van der Waals surface area contributed by atoms with E-state index in [1.54, 1.807) is 0 Å². The van der Waals surface area contributed by atoms with Crippen LogP contribution >= 0.6 is 0 Å². The molecule has 0 spiro atoms. The molecule has 0 radical (unpaired) electrons. The molecule has 142 valence electrons. The van der Waals surface area contributed by atoms with E-state index in [-0.39, 0.29) is 0 Å². The lowest BCUT2D eigenvalue weighted by atomic mass is 10.0. The van der Waals surface area contributed by atoms with Gasteiger partial charge < -0.3 is 14.2 Å². The van der Waals surface area contributed by atoms with Crippen molar-refractivity contribution in [1.82, 2.24) is 9.97 Å². The molecule has 0 unspecified atom stereocenters. The van der Waals surface area contributed by atoms with E-state index in [1.165, 1.54) is 10.9 Å². The van der Waals surface area contributed by atoms with Gasteiger partial charge in [-0.2, -0.15) is 4.98 Å². The number of rotatable bonds is 3. The predicted octanol–water partition coefficient (Wildman–Crippen LogP) is 4.83. The van der Waals surface area contributed by atoms with E-state index in [0.29, 0.717) is 5.92 Å². The summed E-state index contributed by atoms with van der Waals surface area (Å²) in [5.74, 6) is 1.53. The minimum Gasteiger partial charge on any atom is -0.423 e. The second kappa shape index (κ2) is 6.82. The van der Waals surface area contributed by atoms with Crippen LogP contribution < -0.4 is 9.80 Å². The standard InChI is InChI=1S/C23H24N4O/c1-16(2)18-7-9-21-20(15-18)25-23(28-21)27-13-11-26(12-14-27)22-10-8-17-5-3-4-6-19(17)24-22/h3-10,15-16H,11-14H2,1-2H3. The molecule has 1 aliphatic heterocycles. The van der Waals surface area contributed by atoms with Crippen LogP contribution in [-0.2, 0) is 0 Å². The fourth-order valence-electron chi connectivity index (χ4n) is 3.78. The number of anilines is 2. The number of para-hydroxylation sites is 1. The number of piperazine rings is 1. The van der Waals surface area contributed by atoms with Crippen molar-refractivity contribution in [2.75, 3.05) is 36.0 Å². The van der Waals surface area contributed by atoms with E-state index >= 15 is 0 Å². The zero-order valence-electron chi connectivity index (χ0n) is 16.3. The lowest BCUT2D eigenvalue weighted by Gasteiger charge is -2.34. The average molecular weight is 372 g/mol. The van der Waals surface area contributed by atoms with Gasteiger partial charge in [0.2, 0.25) is 0 Å². The molecule has 1 aliphatic rings. The summed E-state index contributed by atoms with van der Waals surface area (Å²) in [6, 6.07) is 19.6. The maximum Gasteiger partial charge on any atom is 0.298 e. The average Bonchev–Trinajstić information content (AvgIpc) is 3.17. The van der Waals surface area contributed by atoms with Crippen LogP contribution in [0.5, 0.6) is 0 Å². The lowest BCUT2D eigenvalue weighted by Crippen LogP contribution is -2.47. The van der Waals surface area contributed by atoms with Crippen molar-refractivity contribution in [3.8, 4) is 0 Å². The van der Waals surface area contributed by atoms with Gasteiger partial charge in [-0.1, -0.05) is 38.1 Å². The summed E-state index contributed by atoms with van der Waals surface area (Å²) in [6.07, 6.45) is 0.